The van der Waals surface area contributed by atoms with Gasteiger partial charge in [-0.2, -0.15) is 10.2 Å². The maximum absolute atomic E-state index is 12.2. The number of hydrogen-bond acceptors (Lipinski definition) is 7. The topological polar surface area (TPSA) is 100 Å². The zero-order valence-corrected chi connectivity index (χ0v) is 17.6. The third kappa shape index (κ3) is 4.96. The van der Waals surface area contributed by atoms with Crippen LogP contribution in [-0.4, -0.2) is 43.2 Å². The fourth-order valence-electron chi connectivity index (χ4n) is 2.57. The van der Waals surface area contributed by atoms with E-state index in [1.807, 2.05) is 6.20 Å². The van der Waals surface area contributed by atoms with E-state index >= 15 is 0 Å². The molecule has 0 radical (unpaired) electrons. The molecule has 1 amide bonds. The van der Waals surface area contributed by atoms with E-state index in [0.29, 0.717) is 35.1 Å². The van der Waals surface area contributed by atoms with E-state index < -0.39 is 5.91 Å². The number of nitrogens with zero attached hydrogens (tertiary/aromatic N) is 3. The molecule has 0 unspecified atom stereocenters. The normalized spacial score (nSPS) is 10.9. The van der Waals surface area contributed by atoms with Gasteiger partial charge in [-0.1, -0.05) is 0 Å². The van der Waals surface area contributed by atoms with Crippen LogP contribution in [0, 0.1) is 0 Å². The lowest BCUT2D eigenvalue weighted by atomic mass is 10.2. The molecule has 0 atom stereocenters. The summed E-state index contributed by atoms with van der Waals surface area (Å²) in [6, 6.07) is 6.72. The van der Waals surface area contributed by atoms with E-state index in [9.17, 15) is 4.79 Å². The average Bonchev–Trinajstić information content (AvgIpc) is 3.36. The maximum Gasteiger partial charge on any atom is 0.307 e. The van der Waals surface area contributed by atoms with Crippen LogP contribution in [0.25, 0.3) is 0 Å². The van der Waals surface area contributed by atoms with Crippen LogP contribution in [0.1, 0.15) is 21.9 Å². The first-order valence-electron chi connectivity index (χ1n) is 8.44. The van der Waals surface area contributed by atoms with Crippen molar-refractivity contribution in [2.75, 3.05) is 21.3 Å². The second-order valence-corrected chi connectivity index (χ2v) is 6.70. The fraction of sp³-hybridized carbons (Fsp3) is 0.211. The number of benzene rings is 1. The number of amides is 1. The molecule has 2 heterocycles. The largest absolute Gasteiger partial charge is 0.493 e. The number of carbonyl (C=O) groups excluding carboxylic acids is 1. The lowest BCUT2D eigenvalue weighted by Gasteiger charge is -2.12. The first-order chi connectivity index (χ1) is 14.0. The average molecular weight is 463 g/mol. The van der Waals surface area contributed by atoms with Crippen LogP contribution < -0.4 is 19.6 Å². The van der Waals surface area contributed by atoms with Gasteiger partial charge >= 0.3 is 5.91 Å². The summed E-state index contributed by atoms with van der Waals surface area (Å²) in [6.45, 7) is 0.410. The standard InChI is InChI=1S/C19H19BrN4O5/c1-26-16-6-12(7-17(27-2)18(16)28-3)8-21-23-19(25)15-5-4-14(29-15)11-24-10-13(20)9-22-24/h4-10H,11H2,1-3H3,(H,23,25)/b21-8+. The van der Waals surface area contributed by atoms with Gasteiger partial charge in [0.15, 0.2) is 17.3 Å². The van der Waals surface area contributed by atoms with Crippen molar-refractivity contribution >= 4 is 28.1 Å². The summed E-state index contributed by atoms with van der Waals surface area (Å²) in [5, 5.41) is 8.11. The number of methoxy groups -OCH3 is 3. The molecule has 0 saturated heterocycles. The molecule has 0 fully saturated rings. The SMILES string of the molecule is COc1cc(/C=N/NC(=O)c2ccc(Cn3cc(Br)cn3)o2)cc(OC)c1OC. The first-order valence-corrected chi connectivity index (χ1v) is 9.23. The van der Waals surface area contributed by atoms with Gasteiger partial charge in [0.2, 0.25) is 5.75 Å². The molecule has 0 saturated carbocycles. The lowest BCUT2D eigenvalue weighted by Crippen LogP contribution is -2.16. The summed E-state index contributed by atoms with van der Waals surface area (Å²) in [4.78, 5) is 12.2. The van der Waals surface area contributed by atoms with Crippen LogP contribution in [0.3, 0.4) is 0 Å². The first kappa shape index (κ1) is 20.5. The van der Waals surface area contributed by atoms with Crippen LogP contribution in [0.15, 0.2) is 50.7 Å². The van der Waals surface area contributed by atoms with Crippen molar-refractivity contribution in [2.45, 2.75) is 6.54 Å². The monoisotopic (exact) mass is 462 g/mol. The third-order valence-electron chi connectivity index (χ3n) is 3.87. The quantitative estimate of drug-likeness (QED) is 0.407. The minimum absolute atomic E-state index is 0.147. The minimum atomic E-state index is -0.471. The summed E-state index contributed by atoms with van der Waals surface area (Å²) in [7, 11) is 4.57. The fourth-order valence-corrected chi connectivity index (χ4v) is 2.89. The molecule has 0 bridgehead atoms. The van der Waals surface area contributed by atoms with Crippen molar-refractivity contribution in [1.29, 1.82) is 0 Å². The molecular weight excluding hydrogens is 444 g/mol. The highest BCUT2D eigenvalue weighted by molar-refractivity contribution is 9.10. The molecule has 0 aliphatic carbocycles. The number of hydrazone groups is 1. The number of furan rings is 1. The third-order valence-corrected chi connectivity index (χ3v) is 4.28. The van der Waals surface area contributed by atoms with Gasteiger partial charge in [-0.25, -0.2) is 5.43 Å². The molecule has 29 heavy (non-hydrogen) atoms. The molecule has 10 heteroatoms. The predicted molar refractivity (Wildman–Crippen MR) is 109 cm³/mol. The molecule has 152 valence electrons. The van der Waals surface area contributed by atoms with Gasteiger partial charge in [0.1, 0.15) is 5.76 Å². The van der Waals surface area contributed by atoms with Crippen molar-refractivity contribution < 1.29 is 23.4 Å². The Kier molecular flexibility index (Phi) is 6.55. The summed E-state index contributed by atoms with van der Waals surface area (Å²) in [5.74, 6) is 1.72. The Labute approximate surface area is 175 Å². The van der Waals surface area contributed by atoms with Crippen molar-refractivity contribution in [1.82, 2.24) is 15.2 Å². The summed E-state index contributed by atoms with van der Waals surface area (Å²) >= 11 is 3.33. The van der Waals surface area contributed by atoms with Gasteiger partial charge in [-0.05, 0) is 40.2 Å². The van der Waals surface area contributed by atoms with Gasteiger partial charge < -0.3 is 18.6 Å². The van der Waals surface area contributed by atoms with Gasteiger partial charge in [0.25, 0.3) is 0 Å². The van der Waals surface area contributed by atoms with Crippen molar-refractivity contribution in [2.24, 2.45) is 5.10 Å². The summed E-state index contributed by atoms with van der Waals surface area (Å²) in [5.41, 5.74) is 3.08. The predicted octanol–water partition coefficient (Wildman–Crippen LogP) is 3.08. The molecule has 2 aromatic heterocycles. The number of aromatic nitrogens is 2. The van der Waals surface area contributed by atoms with Gasteiger partial charge in [0, 0.05) is 11.8 Å². The number of ether oxygens (including phenoxy) is 3. The van der Waals surface area contributed by atoms with E-state index in [0.717, 1.165) is 4.47 Å². The summed E-state index contributed by atoms with van der Waals surface area (Å²) in [6.07, 6.45) is 4.95. The second kappa shape index (κ2) is 9.28. The van der Waals surface area contributed by atoms with Crippen LogP contribution in [-0.2, 0) is 6.54 Å². The zero-order chi connectivity index (χ0) is 20.8. The minimum Gasteiger partial charge on any atom is -0.493 e. The molecule has 0 aliphatic heterocycles. The molecular formula is C19H19BrN4O5. The van der Waals surface area contributed by atoms with Crippen LogP contribution in [0.2, 0.25) is 0 Å². The Morgan fingerprint density at radius 2 is 1.97 bits per heavy atom. The summed E-state index contributed by atoms with van der Waals surface area (Å²) < 4.78 is 24.0. The van der Waals surface area contributed by atoms with Crippen molar-refractivity contribution in [3.8, 4) is 17.2 Å². The Morgan fingerprint density at radius 3 is 2.55 bits per heavy atom. The van der Waals surface area contributed by atoms with E-state index in [-0.39, 0.29) is 5.76 Å². The highest BCUT2D eigenvalue weighted by Gasteiger charge is 2.13. The van der Waals surface area contributed by atoms with Crippen molar-refractivity contribution in [3.63, 3.8) is 0 Å². The lowest BCUT2D eigenvalue weighted by molar-refractivity contribution is 0.0925. The van der Waals surface area contributed by atoms with Crippen molar-refractivity contribution in [3.05, 3.63) is 58.2 Å². The number of rotatable bonds is 8. The van der Waals surface area contributed by atoms with E-state index in [1.54, 1.807) is 35.1 Å². The second-order valence-electron chi connectivity index (χ2n) is 5.78. The van der Waals surface area contributed by atoms with Crippen LogP contribution in [0.4, 0.5) is 0 Å². The van der Waals surface area contributed by atoms with E-state index in [4.69, 9.17) is 18.6 Å². The Morgan fingerprint density at radius 1 is 1.24 bits per heavy atom. The molecule has 3 aromatic rings. The zero-order valence-electron chi connectivity index (χ0n) is 16.0. The van der Waals surface area contributed by atoms with Gasteiger partial charge in [-0.3, -0.25) is 9.48 Å². The van der Waals surface area contributed by atoms with Gasteiger partial charge in [-0.15, -0.1) is 0 Å². The van der Waals surface area contributed by atoms with Crippen LogP contribution in [0.5, 0.6) is 17.2 Å². The smallest absolute Gasteiger partial charge is 0.307 e. The molecule has 0 spiro atoms. The Hall–Kier alpha value is -3.27. The number of hydrogen-bond donors (Lipinski definition) is 1. The highest BCUT2D eigenvalue weighted by atomic mass is 79.9. The molecule has 3 rings (SSSR count). The number of halogens is 1. The van der Waals surface area contributed by atoms with E-state index in [1.165, 1.54) is 27.5 Å². The Bertz CT molecular complexity index is 1000. The molecule has 1 aromatic carbocycles. The number of nitrogens with one attached hydrogen (secondary N) is 1. The van der Waals surface area contributed by atoms with E-state index in [2.05, 4.69) is 31.6 Å². The maximum atomic E-state index is 12.2. The van der Waals surface area contributed by atoms with Crippen LogP contribution >= 0.6 is 15.9 Å². The highest BCUT2D eigenvalue weighted by Crippen LogP contribution is 2.37. The Balaban J connectivity index is 1.65. The molecule has 1 N–H and O–H groups in total. The van der Waals surface area contributed by atoms with Gasteiger partial charge in [0.05, 0.1) is 44.8 Å². The molecule has 9 nitrogen and oxygen atoms in total. The molecule has 0 aliphatic rings. The number of carbonyl (C=O) groups is 1.